The van der Waals surface area contributed by atoms with Gasteiger partial charge in [-0.05, 0) is 18.1 Å². The van der Waals surface area contributed by atoms with E-state index in [4.69, 9.17) is 11.0 Å². The maximum absolute atomic E-state index is 11.8. The van der Waals surface area contributed by atoms with Crippen LogP contribution >= 0.6 is 0 Å². The standard InChI is InChI=1S/C11H15N3O/c1-8(2)10-4-3-9(7-13)11(15)14(10)6-5-12/h3-4,8H,5-6,12H2,1-2H3. The molecule has 2 N–H and O–H groups in total. The van der Waals surface area contributed by atoms with E-state index >= 15 is 0 Å². The van der Waals surface area contributed by atoms with Crippen LogP contribution in [0.1, 0.15) is 31.0 Å². The Kier molecular flexibility index (Phi) is 3.64. The molecule has 0 aliphatic rings. The fourth-order valence-electron chi connectivity index (χ4n) is 1.54. The van der Waals surface area contributed by atoms with Crippen LogP contribution in [0.3, 0.4) is 0 Å². The van der Waals surface area contributed by atoms with Gasteiger partial charge in [0.25, 0.3) is 5.56 Å². The van der Waals surface area contributed by atoms with Crippen LogP contribution in [0.25, 0.3) is 0 Å². The van der Waals surface area contributed by atoms with Crippen molar-refractivity contribution in [2.24, 2.45) is 5.73 Å². The summed E-state index contributed by atoms with van der Waals surface area (Å²) in [6.45, 7) is 4.87. The van der Waals surface area contributed by atoms with Crippen molar-refractivity contribution in [2.45, 2.75) is 26.3 Å². The molecule has 0 aliphatic heterocycles. The lowest BCUT2D eigenvalue weighted by atomic mass is 10.1. The molecular formula is C11H15N3O. The van der Waals surface area contributed by atoms with Gasteiger partial charge in [-0.15, -0.1) is 0 Å². The van der Waals surface area contributed by atoms with Crippen LogP contribution in [-0.4, -0.2) is 11.1 Å². The molecule has 1 aromatic rings. The highest BCUT2D eigenvalue weighted by molar-refractivity contribution is 5.28. The second-order valence-corrected chi connectivity index (χ2v) is 3.68. The Balaban J connectivity index is 3.39. The lowest BCUT2D eigenvalue weighted by Gasteiger charge is -2.14. The van der Waals surface area contributed by atoms with Crippen molar-refractivity contribution in [2.75, 3.05) is 6.54 Å². The number of pyridine rings is 1. The summed E-state index contributed by atoms with van der Waals surface area (Å²) in [7, 11) is 0. The molecule has 0 radical (unpaired) electrons. The summed E-state index contributed by atoms with van der Waals surface area (Å²) in [5, 5.41) is 8.75. The Morgan fingerprint density at radius 3 is 2.67 bits per heavy atom. The number of nitrogens with two attached hydrogens (primary N) is 1. The predicted octanol–water partition coefficient (Wildman–Crippen LogP) is 0.802. The van der Waals surface area contributed by atoms with E-state index in [0.29, 0.717) is 13.1 Å². The Bertz CT molecular complexity index is 440. The minimum absolute atomic E-state index is 0.174. The molecule has 0 spiro atoms. The molecule has 0 aliphatic carbocycles. The minimum atomic E-state index is -0.242. The molecule has 4 nitrogen and oxygen atoms in total. The van der Waals surface area contributed by atoms with Crippen LogP contribution < -0.4 is 11.3 Å². The number of aromatic nitrogens is 1. The Labute approximate surface area is 88.9 Å². The van der Waals surface area contributed by atoms with Gasteiger partial charge < -0.3 is 10.3 Å². The number of nitrogens with zero attached hydrogens (tertiary/aromatic N) is 2. The zero-order chi connectivity index (χ0) is 11.4. The first-order valence-electron chi connectivity index (χ1n) is 4.95. The quantitative estimate of drug-likeness (QED) is 0.793. The van der Waals surface area contributed by atoms with Gasteiger partial charge in [-0.25, -0.2) is 0 Å². The molecule has 0 fully saturated rings. The normalized spacial score (nSPS) is 10.3. The largest absolute Gasteiger partial charge is 0.329 e. The molecular weight excluding hydrogens is 190 g/mol. The molecule has 1 rings (SSSR count). The van der Waals surface area contributed by atoms with Crippen LogP contribution in [0.4, 0.5) is 0 Å². The number of rotatable bonds is 3. The van der Waals surface area contributed by atoms with Gasteiger partial charge in [-0.2, -0.15) is 5.26 Å². The molecule has 0 unspecified atom stereocenters. The smallest absolute Gasteiger partial charge is 0.268 e. The predicted molar refractivity (Wildman–Crippen MR) is 58.6 cm³/mol. The molecule has 80 valence electrons. The molecule has 0 saturated heterocycles. The number of nitriles is 1. The third kappa shape index (κ3) is 2.25. The molecule has 15 heavy (non-hydrogen) atoms. The first kappa shape index (κ1) is 11.5. The molecule has 0 amide bonds. The van der Waals surface area contributed by atoms with E-state index in [-0.39, 0.29) is 17.0 Å². The van der Waals surface area contributed by atoms with Crippen LogP contribution in [0.2, 0.25) is 0 Å². The summed E-state index contributed by atoms with van der Waals surface area (Å²) in [5.74, 6) is 0.247. The van der Waals surface area contributed by atoms with E-state index in [1.165, 1.54) is 0 Å². The number of hydrogen-bond donors (Lipinski definition) is 1. The SMILES string of the molecule is CC(C)c1ccc(C#N)c(=O)n1CCN. The van der Waals surface area contributed by atoms with Crippen LogP contribution in [0.15, 0.2) is 16.9 Å². The van der Waals surface area contributed by atoms with Gasteiger partial charge in [0.15, 0.2) is 0 Å². The first-order chi connectivity index (χ1) is 7.11. The van der Waals surface area contributed by atoms with E-state index < -0.39 is 0 Å². The summed E-state index contributed by atoms with van der Waals surface area (Å²) in [5.41, 5.74) is 6.30. The molecule has 0 saturated carbocycles. The first-order valence-corrected chi connectivity index (χ1v) is 4.95. The molecule has 0 aromatic carbocycles. The van der Waals surface area contributed by atoms with Crippen molar-refractivity contribution in [3.63, 3.8) is 0 Å². The zero-order valence-corrected chi connectivity index (χ0v) is 9.03. The van der Waals surface area contributed by atoms with Crippen LogP contribution in [-0.2, 0) is 6.54 Å². The van der Waals surface area contributed by atoms with Crippen molar-refractivity contribution in [3.8, 4) is 6.07 Å². The lowest BCUT2D eigenvalue weighted by Crippen LogP contribution is -2.29. The summed E-state index contributed by atoms with van der Waals surface area (Å²) in [6.07, 6.45) is 0. The van der Waals surface area contributed by atoms with Crippen molar-refractivity contribution in [3.05, 3.63) is 33.7 Å². The fraction of sp³-hybridized carbons (Fsp3) is 0.455. The van der Waals surface area contributed by atoms with Gasteiger partial charge in [0.1, 0.15) is 11.6 Å². The average molecular weight is 205 g/mol. The second-order valence-electron chi connectivity index (χ2n) is 3.68. The minimum Gasteiger partial charge on any atom is -0.329 e. The monoisotopic (exact) mass is 205 g/mol. The van der Waals surface area contributed by atoms with Crippen molar-refractivity contribution >= 4 is 0 Å². The van der Waals surface area contributed by atoms with Gasteiger partial charge >= 0.3 is 0 Å². The van der Waals surface area contributed by atoms with Crippen LogP contribution in [0.5, 0.6) is 0 Å². The molecule has 0 atom stereocenters. The van der Waals surface area contributed by atoms with Crippen LogP contribution in [0, 0.1) is 11.3 Å². The summed E-state index contributed by atoms with van der Waals surface area (Å²) in [6, 6.07) is 5.28. The fourth-order valence-corrected chi connectivity index (χ4v) is 1.54. The Morgan fingerprint density at radius 2 is 2.20 bits per heavy atom. The maximum atomic E-state index is 11.8. The third-order valence-electron chi connectivity index (χ3n) is 2.27. The van der Waals surface area contributed by atoms with Gasteiger partial charge in [0.2, 0.25) is 0 Å². The molecule has 4 heteroatoms. The van der Waals surface area contributed by atoms with E-state index in [1.807, 2.05) is 26.0 Å². The van der Waals surface area contributed by atoms with Crippen molar-refractivity contribution < 1.29 is 0 Å². The lowest BCUT2D eigenvalue weighted by molar-refractivity contribution is 0.612. The van der Waals surface area contributed by atoms with Gasteiger partial charge in [0, 0.05) is 18.8 Å². The van der Waals surface area contributed by atoms with Gasteiger partial charge in [0.05, 0.1) is 0 Å². The Hall–Kier alpha value is -1.60. The molecule has 0 bridgehead atoms. The Morgan fingerprint density at radius 1 is 1.53 bits per heavy atom. The third-order valence-corrected chi connectivity index (χ3v) is 2.27. The van der Waals surface area contributed by atoms with E-state index in [2.05, 4.69) is 0 Å². The summed E-state index contributed by atoms with van der Waals surface area (Å²) in [4.78, 5) is 11.8. The maximum Gasteiger partial charge on any atom is 0.268 e. The van der Waals surface area contributed by atoms with E-state index in [9.17, 15) is 4.79 Å². The van der Waals surface area contributed by atoms with Crippen molar-refractivity contribution in [1.29, 1.82) is 5.26 Å². The van der Waals surface area contributed by atoms with E-state index in [1.54, 1.807) is 10.6 Å². The molecule has 1 heterocycles. The highest BCUT2D eigenvalue weighted by atomic mass is 16.1. The number of hydrogen-bond acceptors (Lipinski definition) is 3. The highest BCUT2D eigenvalue weighted by Crippen LogP contribution is 2.12. The summed E-state index contributed by atoms with van der Waals surface area (Å²) >= 11 is 0. The van der Waals surface area contributed by atoms with Gasteiger partial charge in [-0.1, -0.05) is 13.8 Å². The average Bonchev–Trinajstić information content (AvgIpc) is 2.20. The van der Waals surface area contributed by atoms with Gasteiger partial charge in [-0.3, -0.25) is 4.79 Å². The summed E-state index contributed by atoms with van der Waals surface area (Å²) < 4.78 is 1.59. The second kappa shape index (κ2) is 4.76. The molecule has 1 aromatic heterocycles. The van der Waals surface area contributed by atoms with E-state index in [0.717, 1.165) is 5.69 Å². The highest BCUT2D eigenvalue weighted by Gasteiger charge is 2.10. The zero-order valence-electron chi connectivity index (χ0n) is 9.03. The van der Waals surface area contributed by atoms with Crippen molar-refractivity contribution in [1.82, 2.24) is 4.57 Å². The topological polar surface area (TPSA) is 71.8 Å².